The van der Waals surface area contributed by atoms with Crippen LogP contribution in [0.3, 0.4) is 0 Å². The first-order valence-corrected chi connectivity index (χ1v) is 12.3. The number of hydrogen-bond donors (Lipinski definition) is 0. The van der Waals surface area contributed by atoms with E-state index in [0.29, 0.717) is 39.9 Å². The van der Waals surface area contributed by atoms with Gasteiger partial charge in [-0.15, -0.1) is 11.3 Å². The van der Waals surface area contributed by atoms with Crippen molar-refractivity contribution in [3.63, 3.8) is 0 Å². The van der Waals surface area contributed by atoms with Crippen molar-refractivity contribution >= 4 is 34.0 Å². The van der Waals surface area contributed by atoms with Gasteiger partial charge in [-0.3, -0.25) is 9.36 Å². The summed E-state index contributed by atoms with van der Waals surface area (Å²) < 4.78 is 17.9. The first-order chi connectivity index (χ1) is 16.7. The Labute approximate surface area is 204 Å². The zero-order valence-electron chi connectivity index (χ0n) is 18.6. The number of thiazole rings is 1. The molecule has 0 aliphatic heterocycles. The fourth-order valence-corrected chi connectivity index (χ4v) is 5.37. The summed E-state index contributed by atoms with van der Waals surface area (Å²) in [5.41, 5.74) is 2.40. The van der Waals surface area contributed by atoms with Gasteiger partial charge in [0, 0.05) is 11.1 Å². The van der Waals surface area contributed by atoms with Crippen molar-refractivity contribution in [3.8, 4) is 22.3 Å². The van der Waals surface area contributed by atoms with E-state index in [1.807, 2.05) is 53.9 Å². The van der Waals surface area contributed by atoms with E-state index >= 15 is 0 Å². The maximum atomic E-state index is 13.4. The molecule has 0 atom stereocenters. The molecular weight excluding hydrogens is 470 g/mol. The second kappa shape index (κ2) is 9.74. The summed E-state index contributed by atoms with van der Waals surface area (Å²) in [4.78, 5) is 22.9. The average molecular weight is 492 g/mol. The quantitative estimate of drug-likeness (QED) is 0.210. The Hall–Kier alpha value is -3.56. The minimum absolute atomic E-state index is 0.0857. The van der Waals surface area contributed by atoms with E-state index < -0.39 is 0 Å². The van der Waals surface area contributed by atoms with Gasteiger partial charge in [0.1, 0.15) is 0 Å². The highest BCUT2D eigenvalue weighted by Gasteiger charge is 2.15. The highest BCUT2D eigenvalue weighted by molar-refractivity contribution is 7.98. The van der Waals surface area contributed by atoms with Crippen LogP contribution in [0.4, 0.5) is 0 Å². The van der Waals surface area contributed by atoms with Gasteiger partial charge in [-0.1, -0.05) is 30.0 Å². The lowest BCUT2D eigenvalue weighted by Gasteiger charge is -2.14. The molecule has 34 heavy (non-hydrogen) atoms. The van der Waals surface area contributed by atoms with Crippen molar-refractivity contribution in [2.24, 2.45) is 0 Å². The van der Waals surface area contributed by atoms with E-state index in [0.717, 1.165) is 22.0 Å². The summed E-state index contributed by atoms with van der Waals surface area (Å²) in [6, 6.07) is 16.8. The Bertz CT molecular complexity index is 1490. The third-order valence-electron chi connectivity index (χ3n) is 5.25. The first-order valence-electron chi connectivity index (χ1n) is 10.5. The van der Waals surface area contributed by atoms with Crippen molar-refractivity contribution < 1.29 is 13.9 Å². The number of para-hydroxylation sites is 1. The zero-order chi connectivity index (χ0) is 23.5. The Morgan fingerprint density at radius 1 is 1.03 bits per heavy atom. The fraction of sp³-hybridized carbons (Fsp3) is 0.160. The van der Waals surface area contributed by atoms with Crippen LogP contribution in [0, 0.1) is 0 Å². The van der Waals surface area contributed by atoms with Gasteiger partial charge in [-0.25, -0.2) is 9.97 Å². The second-order valence-electron chi connectivity index (χ2n) is 7.40. The van der Waals surface area contributed by atoms with E-state index in [4.69, 9.17) is 18.9 Å². The molecule has 0 aliphatic carbocycles. The number of benzene rings is 2. The molecule has 0 aliphatic rings. The molecule has 0 spiro atoms. The minimum atomic E-state index is -0.0857. The molecule has 3 heterocycles. The van der Waals surface area contributed by atoms with Gasteiger partial charge >= 0.3 is 0 Å². The van der Waals surface area contributed by atoms with Crippen molar-refractivity contribution in [2.45, 2.75) is 17.5 Å². The molecule has 0 radical (unpaired) electrons. The summed E-state index contributed by atoms with van der Waals surface area (Å²) >= 11 is 3.02. The standard InChI is InChI=1S/C25H21N3O4S2/c1-30-20-10-9-16(12-22(20)31-2)13-28-24(29)18-6-3-4-7-19(18)27-25(28)34-15-17-14-33-23(26-17)21-8-5-11-32-21/h3-12,14H,13,15H2,1-2H3. The summed E-state index contributed by atoms with van der Waals surface area (Å²) in [6.45, 7) is 0.355. The van der Waals surface area contributed by atoms with Crippen LogP contribution in [0.5, 0.6) is 11.5 Å². The number of rotatable bonds is 8. The molecule has 0 unspecified atom stereocenters. The summed E-state index contributed by atoms with van der Waals surface area (Å²) in [7, 11) is 3.19. The molecule has 3 aromatic heterocycles. The number of fused-ring (bicyclic) bond motifs is 1. The molecule has 5 aromatic rings. The molecule has 0 saturated carbocycles. The number of aromatic nitrogens is 3. The fourth-order valence-electron chi connectivity index (χ4n) is 3.58. The number of ether oxygens (including phenoxy) is 2. The predicted molar refractivity (Wildman–Crippen MR) is 134 cm³/mol. The molecule has 0 N–H and O–H groups in total. The Balaban J connectivity index is 1.48. The largest absolute Gasteiger partial charge is 0.493 e. The zero-order valence-corrected chi connectivity index (χ0v) is 20.2. The SMILES string of the molecule is COc1ccc(Cn2c(SCc3csc(-c4ccco4)n3)nc3ccccc3c2=O)cc1OC. The van der Waals surface area contributed by atoms with Gasteiger partial charge in [-0.05, 0) is 42.0 Å². The molecule has 0 fully saturated rings. The van der Waals surface area contributed by atoms with Crippen LogP contribution in [-0.2, 0) is 12.3 Å². The Kier molecular flexibility index (Phi) is 6.37. The molecule has 0 bridgehead atoms. The van der Waals surface area contributed by atoms with Crippen LogP contribution in [0.25, 0.3) is 21.7 Å². The van der Waals surface area contributed by atoms with Gasteiger partial charge in [0.15, 0.2) is 27.4 Å². The van der Waals surface area contributed by atoms with Gasteiger partial charge in [0.05, 0.1) is 43.6 Å². The van der Waals surface area contributed by atoms with Crippen LogP contribution < -0.4 is 15.0 Å². The lowest BCUT2D eigenvalue weighted by molar-refractivity contribution is 0.354. The summed E-state index contributed by atoms with van der Waals surface area (Å²) in [6.07, 6.45) is 1.64. The smallest absolute Gasteiger partial charge is 0.262 e. The highest BCUT2D eigenvalue weighted by atomic mass is 32.2. The highest BCUT2D eigenvalue weighted by Crippen LogP contribution is 2.30. The normalized spacial score (nSPS) is 11.1. The third kappa shape index (κ3) is 4.44. The lowest BCUT2D eigenvalue weighted by atomic mass is 10.2. The minimum Gasteiger partial charge on any atom is -0.493 e. The number of nitrogens with zero attached hydrogens (tertiary/aromatic N) is 3. The second-order valence-corrected chi connectivity index (χ2v) is 9.20. The van der Waals surface area contributed by atoms with E-state index in [2.05, 4.69) is 4.98 Å². The van der Waals surface area contributed by atoms with Crippen molar-refractivity contribution in [3.05, 3.63) is 87.9 Å². The van der Waals surface area contributed by atoms with E-state index in [1.165, 1.54) is 23.1 Å². The third-order valence-corrected chi connectivity index (χ3v) is 7.16. The monoisotopic (exact) mass is 491 g/mol. The number of hydrogen-bond acceptors (Lipinski definition) is 8. The van der Waals surface area contributed by atoms with E-state index in [9.17, 15) is 4.79 Å². The average Bonchev–Trinajstić information content (AvgIpc) is 3.57. The van der Waals surface area contributed by atoms with Crippen LogP contribution >= 0.6 is 23.1 Å². The molecule has 2 aromatic carbocycles. The topological polar surface area (TPSA) is 79.4 Å². The number of furan rings is 1. The molecule has 0 saturated heterocycles. The van der Waals surface area contributed by atoms with Crippen LogP contribution in [-0.4, -0.2) is 28.8 Å². The van der Waals surface area contributed by atoms with Crippen molar-refractivity contribution in [2.75, 3.05) is 14.2 Å². The molecule has 7 nitrogen and oxygen atoms in total. The maximum absolute atomic E-state index is 13.4. The molecule has 5 rings (SSSR count). The summed E-state index contributed by atoms with van der Waals surface area (Å²) in [5, 5.41) is 4.05. The van der Waals surface area contributed by atoms with Crippen LogP contribution in [0.2, 0.25) is 0 Å². The van der Waals surface area contributed by atoms with E-state index in [-0.39, 0.29) is 5.56 Å². The number of thioether (sulfide) groups is 1. The van der Waals surface area contributed by atoms with Gasteiger partial charge in [-0.2, -0.15) is 0 Å². The lowest BCUT2D eigenvalue weighted by Crippen LogP contribution is -2.24. The predicted octanol–water partition coefficient (Wildman–Crippen LogP) is 5.47. The van der Waals surface area contributed by atoms with Gasteiger partial charge in [0.25, 0.3) is 5.56 Å². The number of methoxy groups -OCH3 is 2. The molecular formula is C25H21N3O4S2. The maximum Gasteiger partial charge on any atom is 0.262 e. The molecule has 172 valence electrons. The Morgan fingerprint density at radius 2 is 1.88 bits per heavy atom. The van der Waals surface area contributed by atoms with Crippen LogP contribution in [0.15, 0.2) is 80.6 Å². The van der Waals surface area contributed by atoms with Crippen LogP contribution in [0.1, 0.15) is 11.3 Å². The summed E-state index contributed by atoms with van der Waals surface area (Å²) in [5.74, 6) is 2.58. The van der Waals surface area contributed by atoms with E-state index in [1.54, 1.807) is 31.1 Å². The van der Waals surface area contributed by atoms with Gasteiger partial charge in [0.2, 0.25) is 0 Å². The van der Waals surface area contributed by atoms with Crippen molar-refractivity contribution in [1.82, 2.24) is 14.5 Å². The first kappa shape index (κ1) is 22.2. The molecule has 9 heteroatoms. The van der Waals surface area contributed by atoms with Gasteiger partial charge < -0.3 is 13.9 Å². The van der Waals surface area contributed by atoms with Crippen molar-refractivity contribution in [1.29, 1.82) is 0 Å². The molecule has 0 amide bonds. The Morgan fingerprint density at radius 3 is 2.68 bits per heavy atom.